The van der Waals surface area contributed by atoms with Gasteiger partial charge in [0.1, 0.15) is 6.33 Å². The van der Waals surface area contributed by atoms with Crippen molar-refractivity contribution in [3.63, 3.8) is 0 Å². The molecule has 3 heteroatoms. The highest BCUT2D eigenvalue weighted by Gasteiger charge is 2.18. The van der Waals surface area contributed by atoms with Crippen molar-refractivity contribution in [1.82, 2.24) is 15.3 Å². The number of nitrogens with zero attached hydrogens (tertiary/aromatic N) is 2. The Bertz CT molecular complexity index is 530. The lowest BCUT2D eigenvalue weighted by molar-refractivity contribution is 0.456. The fourth-order valence-electron chi connectivity index (χ4n) is 2.60. The summed E-state index contributed by atoms with van der Waals surface area (Å²) in [5, 5.41) is 4.68. The summed E-state index contributed by atoms with van der Waals surface area (Å²) in [5.41, 5.74) is 3.55. The predicted molar refractivity (Wildman–Crippen MR) is 69.1 cm³/mol. The summed E-state index contributed by atoms with van der Waals surface area (Å²) in [6, 6.07) is 6.41. The van der Waals surface area contributed by atoms with E-state index in [9.17, 15) is 0 Å². The van der Waals surface area contributed by atoms with Crippen LogP contribution in [0.3, 0.4) is 0 Å². The molecule has 1 fully saturated rings. The molecule has 1 aromatic heterocycles. The van der Waals surface area contributed by atoms with Gasteiger partial charge in [0.2, 0.25) is 0 Å². The summed E-state index contributed by atoms with van der Waals surface area (Å²) in [4.78, 5) is 8.87. The molecule has 1 aromatic carbocycles. The normalized spacial score (nSPS) is 20.6. The molecule has 17 heavy (non-hydrogen) atoms. The summed E-state index contributed by atoms with van der Waals surface area (Å²) in [6.45, 7) is 4.30. The van der Waals surface area contributed by atoms with Crippen LogP contribution in [-0.4, -0.2) is 23.1 Å². The zero-order valence-electron chi connectivity index (χ0n) is 10.1. The Morgan fingerprint density at radius 2 is 2.24 bits per heavy atom. The third-order valence-electron chi connectivity index (χ3n) is 3.51. The highest BCUT2D eigenvalue weighted by Crippen LogP contribution is 2.27. The monoisotopic (exact) mass is 227 g/mol. The minimum atomic E-state index is 0.538. The van der Waals surface area contributed by atoms with E-state index in [4.69, 9.17) is 0 Å². The Balaban J connectivity index is 2.11. The van der Waals surface area contributed by atoms with Gasteiger partial charge in [-0.15, -0.1) is 0 Å². The van der Waals surface area contributed by atoms with Crippen LogP contribution in [0.4, 0.5) is 0 Å². The molecule has 0 amide bonds. The highest BCUT2D eigenvalue weighted by atomic mass is 14.9. The maximum absolute atomic E-state index is 4.52. The quantitative estimate of drug-likeness (QED) is 0.813. The van der Waals surface area contributed by atoms with Crippen molar-refractivity contribution in [2.24, 2.45) is 0 Å². The molecule has 1 unspecified atom stereocenters. The average Bonchev–Trinajstić information content (AvgIpc) is 2.39. The number of hydrogen-bond acceptors (Lipinski definition) is 3. The van der Waals surface area contributed by atoms with Gasteiger partial charge in [0.25, 0.3) is 0 Å². The fraction of sp³-hybridized carbons (Fsp3) is 0.429. The molecular formula is C14H17N3. The van der Waals surface area contributed by atoms with Crippen molar-refractivity contribution in [3.8, 4) is 0 Å². The minimum Gasteiger partial charge on any atom is -0.316 e. The fourth-order valence-corrected chi connectivity index (χ4v) is 2.60. The first-order chi connectivity index (χ1) is 8.34. The zero-order valence-corrected chi connectivity index (χ0v) is 10.1. The number of rotatable bonds is 1. The molecule has 3 rings (SSSR count). The van der Waals surface area contributed by atoms with E-state index >= 15 is 0 Å². The maximum atomic E-state index is 4.52. The van der Waals surface area contributed by atoms with E-state index in [1.54, 1.807) is 6.33 Å². The van der Waals surface area contributed by atoms with E-state index in [0.717, 1.165) is 18.6 Å². The second kappa shape index (κ2) is 4.41. The van der Waals surface area contributed by atoms with Crippen LogP contribution in [-0.2, 0) is 0 Å². The molecule has 0 saturated carbocycles. The van der Waals surface area contributed by atoms with Gasteiger partial charge in [0.05, 0.1) is 11.2 Å². The Labute approximate surface area is 101 Å². The molecule has 0 bridgehead atoms. The van der Waals surface area contributed by atoms with Crippen molar-refractivity contribution in [1.29, 1.82) is 0 Å². The third-order valence-corrected chi connectivity index (χ3v) is 3.51. The molecule has 88 valence electrons. The number of piperidine rings is 1. The Hall–Kier alpha value is -1.48. The Morgan fingerprint density at radius 3 is 3.06 bits per heavy atom. The molecule has 0 radical (unpaired) electrons. The van der Waals surface area contributed by atoms with Gasteiger partial charge in [-0.05, 0) is 38.4 Å². The number of hydrogen-bond donors (Lipinski definition) is 1. The Morgan fingerprint density at radius 1 is 1.29 bits per heavy atom. The molecule has 3 nitrogen and oxygen atoms in total. The standard InChI is InChI=1S/C14H17N3/c1-10-4-5-13-12(7-10)14(17-9-16-13)11-3-2-6-15-8-11/h4-5,7,9,11,15H,2-3,6,8H2,1H3. The largest absolute Gasteiger partial charge is 0.316 e. The lowest BCUT2D eigenvalue weighted by Gasteiger charge is -2.23. The van der Waals surface area contributed by atoms with Crippen LogP contribution >= 0.6 is 0 Å². The van der Waals surface area contributed by atoms with Gasteiger partial charge in [-0.25, -0.2) is 9.97 Å². The van der Waals surface area contributed by atoms with Crippen molar-refractivity contribution in [3.05, 3.63) is 35.8 Å². The van der Waals surface area contributed by atoms with Crippen LogP contribution < -0.4 is 5.32 Å². The second-order valence-corrected chi connectivity index (χ2v) is 4.82. The van der Waals surface area contributed by atoms with Crippen molar-refractivity contribution in [2.75, 3.05) is 13.1 Å². The zero-order chi connectivity index (χ0) is 11.7. The first kappa shape index (κ1) is 10.7. The first-order valence-electron chi connectivity index (χ1n) is 6.26. The molecule has 1 aliphatic rings. The van der Waals surface area contributed by atoms with Crippen molar-refractivity contribution in [2.45, 2.75) is 25.7 Å². The lowest BCUT2D eigenvalue weighted by atomic mass is 9.93. The molecule has 1 atom stereocenters. The van der Waals surface area contributed by atoms with E-state index in [2.05, 4.69) is 40.4 Å². The summed E-state index contributed by atoms with van der Waals surface area (Å²) in [5.74, 6) is 0.538. The maximum Gasteiger partial charge on any atom is 0.116 e. The smallest absolute Gasteiger partial charge is 0.116 e. The van der Waals surface area contributed by atoms with Crippen LogP contribution in [0.25, 0.3) is 10.9 Å². The average molecular weight is 227 g/mol. The molecule has 0 aliphatic carbocycles. The van der Waals surface area contributed by atoms with Gasteiger partial charge in [0.15, 0.2) is 0 Å². The predicted octanol–water partition coefficient (Wildman–Crippen LogP) is 2.41. The van der Waals surface area contributed by atoms with Crippen LogP contribution in [0.15, 0.2) is 24.5 Å². The number of aryl methyl sites for hydroxylation is 1. The summed E-state index contributed by atoms with van der Waals surface area (Å²) >= 11 is 0. The third kappa shape index (κ3) is 2.03. The molecule has 2 heterocycles. The molecule has 2 aromatic rings. The van der Waals surface area contributed by atoms with E-state index in [1.165, 1.54) is 29.5 Å². The van der Waals surface area contributed by atoms with Crippen LogP contribution in [0.2, 0.25) is 0 Å². The topological polar surface area (TPSA) is 37.8 Å². The molecular weight excluding hydrogens is 210 g/mol. The van der Waals surface area contributed by atoms with Gasteiger partial charge < -0.3 is 5.32 Å². The van der Waals surface area contributed by atoms with Crippen LogP contribution in [0, 0.1) is 6.92 Å². The van der Waals surface area contributed by atoms with Gasteiger partial charge in [-0.1, -0.05) is 11.6 Å². The van der Waals surface area contributed by atoms with Gasteiger partial charge in [-0.2, -0.15) is 0 Å². The second-order valence-electron chi connectivity index (χ2n) is 4.82. The van der Waals surface area contributed by atoms with E-state index in [1.807, 2.05) is 0 Å². The van der Waals surface area contributed by atoms with Crippen LogP contribution in [0.1, 0.15) is 30.0 Å². The summed E-state index contributed by atoms with van der Waals surface area (Å²) < 4.78 is 0. The summed E-state index contributed by atoms with van der Waals surface area (Å²) in [6.07, 6.45) is 4.16. The van der Waals surface area contributed by atoms with Crippen molar-refractivity contribution < 1.29 is 0 Å². The molecule has 1 saturated heterocycles. The SMILES string of the molecule is Cc1ccc2ncnc(C3CCCNC3)c2c1. The number of aromatic nitrogens is 2. The minimum absolute atomic E-state index is 0.538. The van der Waals surface area contributed by atoms with E-state index < -0.39 is 0 Å². The molecule has 1 aliphatic heterocycles. The highest BCUT2D eigenvalue weighted by molar-refractivity contribution is 5.81. The molecule has 1 N–H and O–H groups in total. The van der Waals surface area contributed by atoms with Crippen molar-refractivity contribution >= 4 is 10.9 Å². The van der Waals surface area contributed by atoms with Gasteiger partial charge in [0, 0.05) is 17.8 Å². The molecule has 0 spiro atoms. The Kier molecular flexibility index (Phi) is 2.77. The van der Waals surface area contributed by atoms with E-state index in [0.29, 0.717) is 5.92 Å². The number of fused-ring (bicyclic) bond motifs is 1. The lowest BCUT2D eigenvalue weighted by Crippen LogP contribution is -2.29. The number of nitrogens with one attached hydrogen (secondary N) is 1. The van der Waals surface area contributed by atoms with Crippen LogP contribution in [0.5, 0.6) is 0 Å². The van der Waals surface area contributed by atoms with Gasteiger partial charge in [-0.3, -0.25) is 0 Å². The summed E-state index contributed by atoms with van der Waals surface area (Å²) in [7, 11) is 0. The first-order valence-corrected chi connectivity index (χ1v) is 6.26. The number of benzene rings is 1. The van der Waals surface area contributed by atoms with E-state index in [-0.39, 0.29) is 0 Å². The van der Waals surface area contributed by atoms with Gasteiger partial charge >= 0.3 is 0 Å².